The van der Waals surface area contributed by atoms with Crippen LogP contribution < -0.4 is 5.73 Å². The van der Waals surface area contributed by atoms with Gasteiger partial charge in [-0.1, -0.05) is 17.7 Å². The molecule has 1 aliphatic heterocycles. The van der Waals surface area contributed by atoms with Crippen LogP contribution in [0.1, 0.15) is 24.0 Å². The fourth-order valence-corrected chi connectivity index (χ4v) is 3.36. The van der Waals surface area contributed by atoms with Crippen LogP contribution >= 0.6 is 24.2 Å². The zero-order valence-electron chi connectivity index (χ0n) is 12.1. The fourth-order valence-electron chi connectivity index (χ4n) is 2.33. The van der Waals surface area contributed by atoms with Crippen LogP contribution in [0.4, 0.5) is 0 Å². The average Bonchev–Trinajstić information content (AvgIpc) is 2.39. The molecule has 0 aromatic heterocycles. The molecule has 0 spiro atoms. The van der Waals surface area contributed by atoms with Gasteiger partial charge in [0.05, 0.1) is 5.75 Å². The van der Waals surface area contributed by atoms with Crippen molar-refractivity contribution in [3.63, 3.8) is 0 Å². The zero-order valence-corrected chi connectivity index (χ0v) is 13.7. The maximum Gasteiger partial charge on any atom is 0.232 e. The topological polar surface area (TPSA) is 46.3 Å². The van der Waals surface area contributed by atoms with Gasteiger partial charge in [-0.05, 0) is 38.3 Å². The number of carbonyl (C=O) groups excluding carboxylic acids is 1. The predicted molar refractivity (Wildman–Crippen MR) is 87.7 cm³/mol. The molecular formula is C15H23ClN2OS. The number of halogens is 1. The van der Waals surface area contributed by atoms with Crippen LogP contribution in [0.5, 0.6) is 0 Å². The molecule has 1 atom stereocenters. The molecule has 0 radical (unpaired) electrons. The third kappa shape index (κ3) is 4.69. The van der Waals surface area contributed by atoms with E-state index in [-0.39, 0.29) is 24.4 Å². The quantitative estimate of drug-likeness (QED) is 0.873. The zero-order chi connectivity index (χ0) is 13.8. The van der Waals surface area contributed by atoms with Crippen molar-refractivity contribution >= 4 is 30.1 Å². The van der Waals surface area contributed by atoms with Gasteiger partial charge in [-0.2, -0.15) is 0 Å². The number of carbonyl (C=O) groups is 1. The number of nitrogens with zero attached hydrogens (tertiary/aromatic N) is 1. The molecule has 1 fully saturated rings. The molecule has 1 heterocycles. The second-order valence-electron chi connectivity index (χ2n) is 5.30. The lowest BCUT2D eigenvalue weighted by Gasteiger charge is -2.30. The summed E-state index contributed by atoms with van der Waals surface area (Å²) in [5, 5.41) is 0. The Labute approximate surface area is 131 Å². The smallest absolute Gasteiger partial charge is 0.232 e. The molecule has 1 saturated heterocycles. The van der Waals surface area contributed by atoms with Gasteiger partial charge in [0.1, 0.15) is 0 Å². The number of thioether (sulfide) groups is 1. The monoisotopic (exact) mass is 314 g/mol. The first-order chi connectivity index (χ1) is 9.06. The molecule has 20 heavy (non-hydrogen) atoms. The first-order valence-corrected chi connectivity index (χ1v) is 7.78. The highest BCUT2D eigenvalue weighted by Gasteiger charge is 2.21. The molecule has 1 aromatic carbocycles. The van der Waals surface area contributed by atoms with Crippen LogP contribution in [0.25, 0.3) is 0 Å². The Morgan fingerprint density at radius 1 is 1.45 bits per heavy atom. The molecule has 0 saturated carbocycles. The summed E-state index contributed by atoms with van der Waals surface area (Å²) < 4.78 is 0. The molecule has 1 aliphatic rings. The van der Waals surface area contributed by atoms with E-state index in [2.05, 4.69) is 32.0 Å². The van der Waals surface area contributed by atoms with Crippen molar-refractivity contribution in [3.05, 3.63) is 29.3 Å². The Hall–Kier alpha value is -0.710. The Morgan fingerprint density at radius 3 is 2.90 bits per heavy atom. The first kappa shape index (κ1) is 17.3. The number of hydrogen-bond acceptors (Lipinski definition) is 3. The Kier molecular flexibility index (Phi) is 6.86. The normalized spacial score (nSPS) is 18.6. The van der Waals surface area contributed by atoms with E-state index in [1.807, 2.05) is 4.90 Å². The number of nitrogens with two attached hydrogens (primary N) is 1. The van der Waals surface area contributed by atoms with E-state index in [1.54, 1.807) is 11.8 Å². The predicted octanol–water partition coefficient (Wildman–Crippen LogP) is 2.77. The van der Waals surface area contributed by atoms with Gasteiger partial charge in [0, 0.05) is 24.0 Å². The molecule has 1 amide bonds. The number of piperidine rings is 1. The van der Waals surface area contributed by atoms with Gasteiger partial charge < -0.3 is 10.6 Å². The lowest BCUT2D eigenvalue weighted by atomic mass is 10.1. The van der Waals surface area contributed by atoms with Crippen molar-refractivity contribution < 1.29 is 4.79 Å². The molecule has 0 aliphatic carbocycles. The molecule has 3 nitrogen and oxygen atoms in total. The van der Waals surface area contributed by atoms with Crippen molar-refractivity contribution in [1.82, 2.24) is 4.90 Å². The lowest BCUT2D eigenvalue weighted by molar-refractivity contribution is -0.129. The van der Waals surface area contributed by atoms with Crippen molar-refractivity contribution in [2.24, 2.45) is 5.73 Å². The highest BCUT2D eigenvalue weighted by Crippen LogP contribution is 2.24. The summed E-state index contributed by atoms with van der Waals surface area (Å²) in [6.45, 7) is 5.74. The number of benzene rings is 1. The largest absolute Gasteiger partial charge is 0.340 e. The van der Waals surface area contributed by atoms with E-state index in [0.717, 1.165) is 19.4 Å². The summed E-state index contributed by atoms with van der Waals surface area (Å²) in [5.41, 5.74) is 8.39. The second-order valence-corrected chi connectivity index (χ2v) is 6.32. The highest BCUT2D eigenvalue weighted by atomic mass is 35.5. The Bertz CT molecular complexity index is 467. The summed E-state index contributed by atoms with van der Waals surface area (Å²) in [5.74, 6) is 0.720. The number of likely N-dealkylation sites (tertiary alicyclic amines) is 1. The lowest BCUT2D eigenvalue weighted by Crippen LogP contribution is -2.46. The van der Waals surface area contributed by atoms with E-state index >= 15 is 0 Å². The average molecular weight is 315 g/mol. The maximum atomic E-state index is 12.2. The first-order valence-electron chi connectivity index (χ1n) is 6.79. The SMILES string of the molecule is Cc1ccc(C)c(SCC(=O)N2CCCC(N)C2)c1.Cl. The molecule has 1 aromatic rings. The van der Waals surface area contributed by atoms with Crippen LogP contribution in [-0.2, 0) is 4.79 Å². The number of aryl methyl sites for hydroxylation is 2. The molecule has 2 rings (SSSR count). The Morgan fingerprint density at radius 2 is 2.20 bits per heavy atom. The summed E-state index contributed by atoms with van der Waals surface area (Å²) in [7, 11) is 0. The van der Waals surface area contributed by atoms with Crippen molar-refractivity contribution in [1.29, 1.82) is 0 Å². The molecule has 2 N–H and O–H groups in total. The minimum absolute atomic E-state index is 0. The van der Waals surface area contributed by atoms with Gasteiger partial charge in [-0.15, -0.1) is 24.2 Å². The summed E-state index contributed by atoms with van der Waals surface area (Å²) in [4.78, 5) is 15.3. The molecule has 1 unspecified atom stereocenters. The highest BCUT2D eigenvalue weighted by molar-refractivity contribution is 8.00. The van der Waals surface area contributed by atoms with Gasteiger partial charge in [0.15, 0.2) is 0 Å². The summed E-state index contributed by atoms with van der Waals surface area (Å²) in [6, 6.07) is 6.52. The second kappa shape index (κ2) is 7.91. The van der Waals surface area contributed by atoms with Gasteiger partial charge in [-0.25, -0.2) is 0 Å². The third-order valence-electron chi connectivity index (χ3n) is 3.51. The van der Waals surface area contributed by atoms with Crippen LogP contribution in [0, 0.1) is 13.8 Å². The van der Waals surface area contributed by atoms with Gasteiger partial charge >= 0.3 is 0 Å². The number of hydrogen-bond donors (Lipinski definition) is 1. The molecular weight excluding hydrogens is 292 g/mol. The van der Waals surface area contributed by atoms with Crippen molar-refractivity contribution in [3.8, 4) is 0 Å². The van der Waals surface area contributed by atoms with Gasteiger partial charge in [0.2, 0.25) is 5.91 Å². The maximum absolute atomic E-state index is 12.2. The molecule has 0 bridgehead atoms. The fraction of sp³-hybridized carbons (Fsp3) is 0.533. The minimum atomic E-state index is 0. The van der Waals surface area contributed by atoms with E-state index in [1.165, 1.54) is 16.0 Å². The van der Waals surface area contributed by atoms with Crippen LogP contribution in [0.2, 0.25) is 0 Å². The van der Waals surface area contributed by atoms with Crippen LogP contribution in [0.3, 0.4) is 0 Å². The third-order valence-corrected chi connectivity index (χ3v) is 4.65. The number of amides is 1. The summed E-state index contributed by atoms with van der Waals surface area (Å²) >= 11 is 1.63. The van der Waals surface area contributed by atoms with Crippen LogP contribution in [0.15, 0.2) is 23.1 Å². The summed E-state index contributed by atoms with van der Waals surface area (Å²) in [6.07, 6.45) is 2.06. The van der Waals surface area contributed by atoms with Gasteiger partial charge in [0.25, 0.3) is 0 Å². The number of rotatable bonds is 3. The van der Waals surface area contributed by atoms with Crippen molar-refractivity contribution in [2.45, 2.75) is 37.6 Å². The Balaban J connectivity index is 0.00000200. The van der Waals surface area contributed by atoms with Gasteiger partial charge in [-0.3, -0.25) is 4.79 Å². The van der Waals surface area contributed by atoms with Crippen LogP contribution in [-0.4, -0.2) is 35.7 Å². The van der Waals surface area contributed by atoms with Crippen molar-refractivity contribution in [2.75, 3.05) is 18.8 Å². The van der Waals surface area contributed by atoms with E-state index in [0.29, 0.717) is 12.3 Å². The molecule has 112 valence electrons. The standard InChI is InChI=1S/C15H22N2OS.ClH/c1-11-5-6-12(2)14(8-11)19-10-15(18)17-7-3-4-13(16)9-17;/h5-6,8,13H,3-4,7,9-10,16H2,1-2H3;1H. The van der Waals surface area contributed by atoms with E-state index in [9.17, 15) is 4.79 Å². The molecule has 5 heteroatoms. The minimum Gasteiger partial charge on any atom is -0.340 e. The van der Waals surface area contributed by atoms with E-state index < -0.39 is 0 Å². The van der Waals surface area contributed by atoms with E-state index in [4.69, 9.17) is 5.73 Å².